The zero-order valence-corrected chi connectivity index (χ0v) is 13.8. The highest BCUT2D eigenvalue weighted by atomic mass is 19.1. The van der Waals surface area contributed by atoms with Crippen molar-refractivity contribution in [2.45, 2.75) is 19.3 Å². The number of hydrogen-bond donors (Lipinski definition) is 1. The predicted molar refractivity (Wildman–Crippen MR) is 88.2 cm³/mol. The molecule has 132 valence electrons. The van der Waals surface area contributed by atoms with E-state index in [0.717, 1.165) is 0 Å². The highest BCUT2D eigenvalue weighted by molar-refractivity contribution is 5.92. The smallest absolute Gasteiger partial charge is 0.276 e. The van der Waals surface area contributed by atoms with E-state index in [1.54, 1.807) is 23.1 Å². The number of carbonyl (C=O) groups excluding carboxylic acids is 2. The summed E-state index contributed by atoms with van der Waals surface area (Å²) in [4.78, 5) is 26.1. The molecule has 6 nitrogen and oxygen atoms in total. The molecule has 0 aliphatic carbocycles. The van der Waals surface area contributed by atoms with Crippen molar-refractivity contribution in [3.63, 3.8) is 0 Å². The summed E-state index contributed by atoms with van der Waals surface area (Å²) in [6.45, 7) is 1.42. The summed E-state index contributed by atoms with van der Waals surface area (Å²) < 4.78 is 18.2. The SMILES string of the molecule is O=C(NCCc1ccccc1F)C1CCN(C(=O)c2ccon2)CC1. The highest BCUT2D eigenvalue weighted by Gasteiger charge is 2.28. The number of rotatable bonds is 5. The van der Waals surface area contributed by atoms with Crippen LogP contribution in [0.15, 0.2) is 41.1 Å². The van der Waals surface area contributed by atoms with Crippen molar-refractivity contribution < 1.29 is 18.5 Å². The predicted octanol–water partition coefficient (Wildman–Crippen LogP) is 2.02. The Kier molecular flexibility index (Phi) is 5.42. The van der Waals surface area contributed by atoms with E-state index >= 15 is 0 Å². The van der Waals surface area contributed by atoms with E-state index in [9.17, 15) is 14.0 Å². The fourth-order valence-electron chi connectivity index (χ4n) is 3.00. The molecule has 1 aromatic heterocycles. The minimum atomic E-state index is -0.253. The van der Waals surface area contributed by atoms with Gasteiger partial charge in [0.05, 0.1) is 0 Å². The quantitative estimate of drug-likeness (QED) is 0.900. The summed E-state index contributed by atoms with van der Waals surface area (Å²) in [5.41, 5.74) is 0.878. The van der Waals surface area contributed by atoms with Crippen LogP contribution in [0.1, 0.15) is 28.9 Å². The molecule has 2 heterocycles. The molecular weight excluding hydrogens is 325 g/mol. The lowest BCUT2D eigenvalue weighted by Gasteiger charge is -2.30. The monoisotopic (exact) mass is 345 g/mol. The molecule has 0 radical (unpaired) electrons. The second-order valence-corrected chi connectivity index (χ2v) is 6.08. The topological polar surface area (TPSA) is 75.4 Å². The summed E-state index contributed by atoms with van der Waals surface area (Å²) in [5.74, 6) is -0.588. The molecule has 0 spiro atoms. The van der Waals surface area contributed by atoms with Crippen LogP contribution in [-0.4, -0.2) is 41.5 Å². The number of nitrogens with zero attached hydrogens (tertiary/aromatic N) is 2. The van der Waals surface area contributed by atoms with E-state index in [1.165, 1.54) is 18.4 Å². The minimum absolute atomic E-state index is 0.0372. The number of aromatic nitrogens is 1. The fraction of sp³-hybridized carbons (Fsp3) is 0.389. The number of amides is 2. The first-order chi connectivity index (χ1) is 12.1. The maximum atomic E-state index is 13.5. The molecule has 0 bridgehead atoms. The van der Waals surface area contributed by atoms with E-state index in [1.807, 2.05) is 0 Å². The van der Waals surface area contributed by atoms with E-state index in [4.69, 9.17) is 0 Å². The van der Waals surface area contributed by atoms with Gasteiger partial charge in [0.2, 0.25) is 5.91 Å². The number of halogens is 1. The molecule has 3 rings (SSSR count). The Morgan fingerprint density at radius 2 is 2.00 bits per heavy atom. The average molecular weight is 345 g/mol. The molecule has 1 fully saturated rings. The van der Waals surface area contributed by atoms with E-state index in [-0.39, 0.29) is 29.2 Å². The molecule has 7 heteroatoms. The van der Waals surface area contributed by atoms with Crippen molar-refractivity contribution >= 4 is 11.8 Å². The molecule has 1 aliphatic rings. The largest absolute Gasteiger partial charge is 0.364 e. The number of likely N-dealkylation sites (tertiary alicyclic amines) is 1. The first-order valence-electron chi connectivity index (χ1n) is 8.36. The van der Waals surface area contributed by atoms with E-state index in [0.29, 0.717) is 44.5 Å². The Morgan fingerprint density at radius 1 is 1.24 bits per heavy atom. The Labute approximate surface area is 145 Å². The lowest BCUT2D eigenvalue weighted by Crippen LogP contribution is -2.43. The average Bonchev–Trinajstić information content (AvgIpc) is 3.17. The number of piperidine rings is 1. The zero-order valence-electron chi connectivity index (χ0n) is 13.8. The first-order valence-corrected chi connectivity index (χ1v) is 8.36. The van der Waals surface area contributed by atoms with Crippen LogP contribution in [0.2, 0.25) is 0 Å². The zero-order chi connectivity index (χ0) is 17.6. The van der Waals surface area contributed by atoms with Crippen LogP contribution < -0.4 is 5.32 Å². The number of hydrogen-bond acceptors (Lipinski definition) is 4. The van der Waals surface area contributed by atoms with Crippen LogP contribution in [0.5, 0.6) is 0 Å². The number of benzene rings is 1. The molecule has 1 saturated heterocycles. The lowest BCUT2D eigenvalue weighted by atomic mass is 9.95. The number of nitrogens with one attached hydrogen (secondary N) is 1. The Morgan fingerprint density at radius 3 is 2.68 bits per heavy atom. The molecule has 2 aromatic rings. The van der Waals surface area contributed by atoms with E-state index in [2.05, 4.69) is 15.0 Å². The third-order valence-corrected chi connectivity index (χ3v) is 4.46. The Hall–Kier alpha value is -2.70. The van der Waals surface area contributed by atoms with Crippen LogP contribution in [0.3, 0.4) is 0 Å². The molecule has 0 atom stereocenters. The van der Waals surface area contributed by atoms with Gasteiger partial charge in [-0.15, -0.1) is 0 Å². The molecule has 0 saturated carbocycles. The van der Waals surface area contributed by atoms with Gasteiger partial charge in [-0.2, -0.15) is 0 Å². The fourth-order valence-corrected chi connectivity index (χ4v) is 3.00. The maximum absolute atomic E-state index is 13.5. The van der Waals surface area contributed by atoms with Gasteiger partial charge in [0.1, 0.15) is 12.1 Å². The summed E-state index contributed by atoms with van der Waals surface area (Å²) in [6.07, 6.45) is 3.04. The van der Waals surface area contributed by atoms with Crippen molar-refractivity contribution in [2.75, 3.05) is 19.6 Å². The normalized spacial score (nSPS) is 15.2. The minimum Gasteiger partial charge on any atom is -0.364 e. The van der Waals surface area contributed by atoms with Gasteiger partial charge in [0, 0.05) is 31.6 Å². The van der Waals surface area contributed by atoms with Gasteiger partial charge in [-0.05, 0) is 30.9 Å². The molecule has 1 aliphatic heterocycles. The summed E-state index contributed by atoms with van der Waals surface area (Å²) in [5, 5.41) is 6.51. The molecule has 0 unspecified atom stereocenters. The van der Waals surface area contributed by atoms with Gasteiger partial charge < -0.3 is 14.7 Å². The molecular formula is C18H20FN3O3. The van der Waals surface area contributed by atoms with Crippen LogP contribution in [0.4, 0.5) is 4.39 Å². The van der Waals surface area contributed by atoms with Crippen molar-refractivity contribution in [1.82, 2.24) is 15.4 Å². The third-order valence-electron chi connectivity index (χ3n) is 4.46. The first kappa shape index (κ1) is 17.1. The van der Waals surface area contributed by atoms with Gasteiger partial charge in [0.15, 0.2) is 5.69 Å². The second kappa shape index (κ2) is 7.92. The molecule has 25 heavy (non-hydrogen) atoms. The van der Waals surface area contributed by atoms with Crippen molar-refractivity contribution in [3.05, 3.63) is 53.7 Å². The summed E-state index contributed by atoms with van der Waals surface area (Å²) in [7, 11) is 0. The van der Waals surface area contributed by atoms with Crippen LogP contribution >= 0.6 is 0 Å². The van der Waals surface area contributed by atoms with Crippen LogP contribution in [0.25, 0.3) is 0 Å². The van der Waals surface area contributed by atoms with Gasteiger partial charge >= 0.3 is 0 Å². The Balaban J connectivity index is 1.42. The van der Waals surface area contributed by atoms with Gasteiger partial charge in [-0.25, -0.2) is 4.39 Å². The second-order valence-electron chi connectivity index (χ2n) is 6.08. The molecule has 1 N–H and O–H groups in total. The number of carbonyl (C=O) groups is 2. The van der Waals surface area contributed by atoms with E-state index < -0.39 is 0 Å². The maximum Gasteiger partial charge on any atom is 0.276 e. The van der Waals surface area contributed by atoms with Gasteiger partial charge in [0.25, 0.3) is 5.91 Å². The Bertz CT molecular complexity index is 725. The molecule has 2 amide bonds. The highest BCUT2D eigenvalue weighted by Crippen LogP contribution is 2.19. The summed E-state index contributed by atoms with van der Waals surface area (Å²) >= 11 is 0. The molecule has 1 aromatic carbocycles. The van der Waals surface area contributed by atoms with Crippen LogP contribution in [0, 0.1) is 11.7 Å². The lowest BCUT2D eigenvalue weighted by molar-refractivity contribution is -0.126. The standard InChI is InChI=1S/C18H20FN3O3/c19-15-4-2-1-3-13(15)5-9-20-17(23)14-6-10-22(11-7-14)18(24)16-8-12-25-21-16/h1-4,8,12,14H,5-7,9-11H2,(H,20,23). The van der Waals surface area contributed by atoms with Gasteiger partial charge in [-0.1, -0.05) is 23.4 Å². The van der Waals surface area contributed by atoms with Crippen LogP contribution in [-0.2, 0) is 11.2 Å². The summed E-state index contributed by atoms with van der Waals surface area (Å²) in [6, 6.07) is 8.09. The van der Waals surface area contributed by atoms with Crippen molar-refractivity contribution in [1.29, 1.82) is 0 Å². The van der Waals surface area contributed by atoms with Gasteiger partial charge in [-0.3, -0.25) is 9.59 Å². The van der Waals surface area contributed by atoms with Crippen molar-refractivity contribution in [2.24, 2.45) is 5.92 Å². The third kappa shape index (κ3) is 4.23. The van der Waals surface area contributed by atoms with Crippen molar-refractivity contribution in [3.8, 4) is 0 Å².